The summed E-state index contributed by atoms with van der Waals surface area (Å²) in [7, 11) is -4.07. The van der Waals surface area contributed by atoms with Gasteiger partial charge in [0.15, 0.2) is 4.90 Å². The molecule has 2 aromatic rings. The number of para-hydroxylation sites is 3. The van der Waals surface area contributed by atoms with Crippen LogP contribution >= 0.6 is 0 Å². The molecule has 1 unspecified atom stereocenters. The first-order valence-corrected chi connectivity index (χ1v) is 8.37. The number of anilines is 1. The Hall–Kier alpha value is -2.61. The molecule has 3 rings (SSSR count). The summed E-state index contributed by atoms with van der Waals surface area (Å²) in [5.41, 5.74) is -0.0622. The molecule has 1 aliphatic heterocycles. The van der Waals surface area contributed by atoms with Gasteiger partial charge in [0, 0.05) is 6.07 Å². The first kappa shape index (κ1) is 15.3. The first-order chi connectivity index (χ1) is 10.9. The van der Waals surface area contributed by atoms with E-state index in [0.29, 0.717) is 11.4 Å². The monoisotopic (exact) mass is 334 g/mol. The molecule has 0 N–H and O–H groups in total. The molecule has 23 heavy (non-hydrogen) atoms. The Morgan fingerprint density at radius 2 is 1.83 bits per heavy atom. The van der Waals surface area contributed by atoms with Crippen LogP contribution in [-0.4, -0.2) is 26.0 Å². The Morgan fingerprint density at radius 3 is 2.57 bits per heavy atom. The zero-order valence-corrected chi connectivity index (χ0v) is 13.1. The van der Waals surface area contributed by atoms with Gasteiger partial charge in [-0.3, -0.25) is 14.4 Å². The molecule has 0 spiro atoms. The smallest absolute Gasteiger partial charge is 0.289 e. The summed E-state index contributed by atoms with van der Waals surface area (Å²) < 4.78 is 32.8. The number of ether oxygens (including phenoxy) is 1. The molecule has 0 fully saturated rings. The van der Waals surface area contributed by atoms with E-state index in [1.54, 1.807) is 31.2 Å². The van der Waals surface area contributed by atoms with Crippen molar-refractivity contribution in [3.8, 4) is 5.75 Å². The lowest BCUT2D eigenvalue weighted by atomic mass is 10.2. The van der Waals surface area contributed by atoms with E-state index in [0.717, 1.165) is 0 Å². The molecule has 0 aliphatic carbocycles. The van der Waals surface area contributed by atoms with E-state index in [9.17, 15) is 18.5 Å². The molecule has 0 amide bonds. The number of hydrogen-bond donors (Lipinski definition) is 0. The lowest BCUT2D eigenvalue weighted by Gasteiger charge is -2.33. The van der Waals surface area contributed by atoms with E-state index < -0.39 is 20.6 Å². The first-order valence-electron chi connectivity index (χ1n) is 6.93. The van der Waals surface area contributed by atoms with Crippen LogP contribution in [0.15, 0.2) is 53.4 Å². The summed E-state index contributed by atoms with van der Waals surface area (Å²) in [6.45, 7) is 1.84. The topological polar surface area (TPSA) is 89.8 Å². The summed E-state index contributed by atoms with van der Waals surface area (Å²) in [5, 5.41) is 11.2. The van der Waals surface area contributed by atoms with Crippen LogP contribution in [0, 0.1) is 10.1 Å². The maximum absolute atomic E-state index is 13.0. The van der Waals surface area contributed by atoms with E-state index in [4.69, 9.17) is 4.74 Å². The van der Waals surface area contributed by atoms with Crippen LogP contribution in [0.1, 0.15) is 6.92 Å². The normalized spacial score (nSPS) is 17.3. The van der Waals surface area contributed by atoms with Gasteiger partial charge in [-0.1, -0.05) is 24.3 Å². The highest BCUT2D eigenvalue weighted by Crippen LogP contribution is 2.38. The van der Waals surface area contributed by atoms with E-state index in [2.05, 4.69) is 0 Å². The lowest BCUT2D eigenvalue weighted by Crippen LogP contribution is -2.42. The number of hydrogen-bond acceptors (Lipinski definition) is 5. The number of nitrogens with zero attached hydrogens (tertiary/aromatic N) is 2. The van der Waals surface area contributed by atoms with Crippen molar-refractivity contribution in [1.29, 1.82) is 0 Å². The number of fused-ring (bicyclic) bond motifs is 1. The number of sulfonamides is 1. The van der Waals surface area contributed by atoms with Crippen LogP contribution in [0.25, 0.3) is 0 Å². The summed E-state index contributed by atoms with van der Waals surface area (Å²) in [4.78, 5) is 10.1. The maximum Gasteiger partial charge on any atom is 0.289 e. The van der Waals surface area contributed by atoms with Gasteiger partial charge < -0.3 is 4.74 Å². The van der Waals surface area contributed by atoms with Gasteiger partial charge in [0.05, 0.1) is 17.2 Å². The predicted octanol–water partition coefficient (Wildman–Crippen LogP) is 2.57. The average molecular weight is 334 g/mol. The molecule has 2 aromatic carbocycles. The van der Waals surface area contributed by atoms with Gasteiger partial charge >= 0.3 is 0 Å². The fourth-order valence-corrected chi connectivity index (χ4v) is 4.23. The molecule has 0 saturated carbocycles. The van der Waals surface area contributed by atoms with E-state index in [1.165, 1.54) is 28.6 Å². The van der Waals surface area contributed by atoms with Crippen LogP contribution in [0.3, 0.4) is 0 Å². The van der Waals surface area contributed by atoms with Crippen LogP contribution in [0.2, 0.25) is 0 Å². The van der Waals surface area contributed by atoms with E-state index in [1.807, 2.05) is 0 Å². The second-order valence-electron chi connectivity index (χ2n) is 5.16. The SMILES string of the molecule is CC1CN(S(=O)(=O)c2ccccc2[N+](=O)[O-])c2ccccc2O1. The summed E-state index contributed by atoms with van der Waals surface area (Å²) >= 11 is 0. The second kappa shape index (κ2) is 5.54. The Labute approximate surface area is 133 Å². The minimum atomic E-state index is -4.07. The van der Waals surface area contributed by atoms with Crippen LogP contribution < -0.4 is 9.04 Å². The zero-order chi connectivity index (χ0) is 16.6. The molecular weight excluding hydrogens is 320 g/mol. The third-order valence-electron chi connectivity index (χ3n) is 3.52. The minimum Gasteiger partial charge on any atom is -0.487 e. The van der Waals surface area contributed by atoms with Gasteiger partial charge in [-0.05, 0) is 25.1 Å². The lowest BCUT2D eigenvalue weighted by molar-refractivity contribution is -0.387. The molecule has 1 aliphatic rings. The number of rotatable bonds is 3. The molecule has 7 nitrogen and oxygen atoms in total. The Bertz CT molecular complexity index is 866. The molecule has 1 heterocycles. The van der Waals surface area contributed by atoms with Gasteiger partial charge in [0.1, 0.15) is 11.9 Å². The van der Waals surface area contributed by atoms with Gasteiger partial charge in [0.25, 0.3) is 15.7 Å². The molecule has 0 bridgehead atoms. The van der Waals surface area contributed by atoms with Crippen molar-refractivity contribution >= 4 is 21.4 Å². The molecule has 8 heteroatoms. The molecule has 0 aromatic heterocycles. The summed E-state index contributed by atoms with van der Waals surface area (Å²) in [6.07, 6.45) is -0.359. The van der Waals surface area contributed by atoms with Crippen molar-refractivity contribution in [2.75, 3.05) is 10.8 Å². The highest BCUT2D eigenvalue weighted by Gasteiger charge is 2.36. The van der Waals surface area contributed by atoms with Crippen molar-refractivity contribution in [1.82, 2.24) is 0 Å². The largest absolute Gasteiger partial charge is 0.487 e. The third kappa shape index (κ3) is 2.61. The molecular formula is C15H14N2O5S. The Kier molecular flexibility index (Phi) is 3.69. The number of nitro groups is 1. The fraction of sp³-hybridized carbons (Fsp3) is 0.200. The Morgan fingerprint density at radius 1 is 1.17 bits per heavy atom. The van der Waals surface area contributed by atoms with Crippen molar-refractivity contribution in [3.63, 3.8) is 0 Å². The fourth-order valence-electron chi connectivity index (χ4n) is 2.52. The van der Waals surface area contributed by atoms with E-state index >= 15 is 0 Å². The standard InChI is InChI=1S/C15H14N2O5S/c1-11-10-16(12-6-2-4-8-14(12)22-11)23(20,21)15-9-5-3-7-13(15)17(18)19/h2-9,11H,10H2,1H3. The van der Waals surface area contributed by atoms with Crippen LogP contribution in [0.4, 0.5) is 11.4 Å². The van der Waals surface area contributed by atoms with Crippen molar-refractivity contribution in [2.45, 2.75) is 17.9 Å². The zero-order valence-electron chi connectivity index (χ0n) is 12.2. The van der Waals surface area contributed by atoms with Gasteiger partial charge in [-0.25, -0.2) is 8.42 Å². The van der Waals surface area contributed by atoms with Crippen LogP contribution in [-0.2, 0) is 10.0 Å². The average Bonchev–Trinajstić information content (AvgIpc) is 2.54. The van der Waals surface area contributed by atoms with Crippen molar-refractivity contribution in [2.24, 2.45) is 0 Å². The summed E-state index contributed by atoms with van der Waals surface area (Å²) in [6, 6.07) is 12.1. The molecule has 0 radical (unpaired) electrons. The maximum atomic E-state index is 13.0. The highest BCUT2D eigenvalue weighted by molar-refractivity contribution is 7.93. The van der Waals surface area contributed by atoms with Crippen molar-refractivity contribution < 1.29 is 18.1 Å². The number of benzene rings is 2. The van der Waals surface area contributed by atoms with E-state index in [-0.39, 0.29) is 17.5 Å². The Balaban J connectivity index is 2.17. The van der Waals surface area contributed by atoms with Crippen molar-refractivity contribution in [3.05, 3.63) is 58.6 Å². The van der Waals surface area contributed by atoms with Gasteiger partial charge in [0.2, 0.25) is 0 Å². The quantitative estimate of drug-likeness (QED) is 0.635. The van der Waals surface area contributed by atoms with Crippen LogP contribution in [0.5, 0.6) is 5.75 Å². The molecule has 0 saturated heterocycles. The van der Waals surface area contributed by atoms with Gasteiger partial charge in [-0.2, -0.15) is 0 Å². The number of nitro benzene ring substituents is 1. The summed E-state index contributed by atoms with van der Waals surface area (Å²) in [5.74, 6) is 0.438. The molecule has 120 valence electrons. The second-order valence-corrected chi connectivity index (χ2v) is 6.99. The van der Waals surface area contributed by atoms with Gasteiger partial charge in [-0.15, -0.1) is 0 Å². The third-order valence-corrected chi connectivity index (χ3v) is 5.34. The minimum absolute atomic E-state index is 0.0887. The highest BCUT2D eigenvalue weighted by atomic mass is 32.2. The molecule has 1 atom stereocenters. The predicted molar refractivity (Wildman–Crippen MR) is 84.2 cm³/mol.